The third-order valence-electron chi connectivity index (χ3n) is 7.45. The number of fused-ring (bicyclic) bond motifs is 1. The molecule has 4 saturated carbocycles. The van der Waals surface area contributed by atoms with E-state index in [0.717, 1.165) is 55.6 Å². The maximum absolute atomic E-state index is 13.7. The van der Waals surface area contributed by atoms with Gasteiger partial charge in [0.25, 0.3) is 0 Å². The maximum atomic E-state index is 13.7. The highest BCUT2D eigenvalue weighted by molar-refractivity contribution is 9.10. The van der Waals surface area contributed by atoms with Gasteiger partial charge in [-0.15, -0.1) is 0 Å². The van der Waals surface area contributed by atoms with E-state index in [2.05, 4.69) is 33.0 Å². The molecule has 146 valence electrons. The first-order valence-electron chi connectivity index (χ1n) is 10.2. The van der Waals surface area contributed by atoms with E-state index in [4.69, 9.17) is 9.47 Å². The monoisotopic (exact) mass is 433 g/mol. The summed E-state index contributed by atoms with van der Waals surface area (Å²) in [5.74, 6) is 3.39. The summed E-state index contributed by atoms with van der Waals surface area (Å²) in [5.41, 5.74) is 2.35. The molecule has 0 N–H and O–H groups in total. The Kier molecular flexibility index (Phi) is 4.05. The highest BCUT2D eigenvalue weighted by Crippen LogP contribution is 2.65. The first-order valence-corrected chi connectivity index (χ1v) is 10.9. The Morgan fingerprint density at radius 2 is 1.70 bits per heavy atom. The summed E-state index contributed by atoms with van der Waals surface area (Å²) >= 11 is 4.04. The number of nitrogens with zero attached hydrogens (tertiary/aromatic N) is 1. The molecule has 1 aromatic carbocycles. The van der Waals surface area contributed by atoms with Gasteiger partial charge in [0.15, 0.2) is 11.5 Å². The van der Waals surface area contributed by atoms with Crippen LogP contribution in [0.25, 0.3) is 0 Å². The van der Waals surface area contributed by atoms with Crippen molar-refractivity contribution in [1.82, 2.24) is 4.90 Å². The average molecular weight is 434 g/mol. The van der Waals surface area contributed by atoms with Crippen molar-refractivity contribution < 1.29 is 14.3 Å². The lowest BCUT2D eigenvalue weighted by Crippen LogP contribution is -2.59. The summed E-state index contributed by atoms with van der Waals surface area (Å²) in [6, 6.07) is 4.13. The second-order valence-corrected chi connectivity index (χ2v) is 11.0. The fourth-order valence-corrected chi connectivity index (χ4v) is 8.25. The Balaban J connectivity index is 1.41. The predicted molar refractivity (Wildman–Crippen MR) is 107 cm³/mol. The molecule has 1 aromatic rings. The van der Waals surface area contributed by atoms with E-state index in [1.54, 1.807) is 14.2 Å². The fraction of sp³-hybridized carbons (Fsp3) is 0.682. The van der Waals surface area contributed by atoms with E-state index in [1.807, 2.05) is 0 Å². The molecule has 5 aliphatic rings. The van der Waals surface area contributed by atoms with Gasteiger partial charge in [-0.1, -0.05) is 15.9 Å². The number of benzene rings is 1. The maximum Gasteiger partial charge on any atom is 0.229 e. The molecule has 0 aromatic heterocycles. The Morgan fingerprint density at radius 1 is 1.07 bits per heavy atom. The summed E-state index contributed by atoms with van der Waals surface area (Å²) < 4.78 is 11.1. The summed E-state index contributed by atoms with van der Waals surface area (Å²) in [7, 11) is 3.34. The van der Waals surface area contributed by atoms with Crippen LogP contribution < -0.4 is 9.47 Å². The molecule has 4 nitrogen and oxygen atoms in total. The lowest BCUT2D eigenvalue weighted by molar-refractivity contribution is -0.156. The number of carbonyl (C=O) groups excluding carboxylic acids is 1. The molecule has 1 aliphatic heterocycles. The normalized spacial score (nSPS) is 36.5. The van der Waals surface area contributed by atoms with Gasteiger partial charge in [0.2, 0.25) is 5.91 Å². The summed E-state index contributed by atoms with van der Waals surface area (Å²) in [6.07, 6.45) is 7.99. The fourth-order valence-electron chi connectivity index (χ4n) is 6.79. The van der Waals surface area contributed by atoms with Crippen LogP contribution in [0.5, 0.6) is 11.5 Å². The van der Waals surface area contributed by atoms with Crippen LogP contribution in [-0.2, 0) is 17.8 Å². The van der Waals surface area contributed by atoms with Crippen LogP contribution in [0.4, 0.5) is 0 Å². The van der Waals surface area contributed by atoms with Crippen molar-refractivity contribution in [3.8, 4) is 11.5 Å². The number of carbonyl (C=O) groups is 1. The lowest BCUT2D eigenvalue weighted by atomic mass is 9.49. The number of alkyl halides is 1. The SMILES string of the molecule is COc1cc2c(cc1OC)CN(C(=O)C13CC4CC(CC(Br)(C4)C1)C3)CC2. The number of methoxy groups -OCH3 is 2. The standard InChI is InChI=1S/C22H28BrNO3/c1-26-18-6-16-3-4-24(12-17(16)7-19(18)27-2)20(25)21-8-14-5-15(9-21)11-22(23,10-14)13-21/h6-7,14-15H,3-5,8-13H2,1-2H3. The largest absolute Gasteiger partial charge is 0.493 e. The quantitative estimate of drug-likeness (QED) is 0.666. The Bertz CT molecular complexity index is 778. The predicted octanol–water partition coefficient (Wildman–Crippen LogP) is 4.32. The van der Waals surface area contributed by atoms with Gasteiger partial charge in [-0.3, -0.25) is 4.79 Å². The topological polar surface area (TPSA) is 38.8 Å². The number of hydrogen-bond donors (Lipinski definition) is 0. The van der Waals surface area contributed by atoms with Crippen LogP contribution in [-0.4, -0.2) is 35.9 Å². The van der Waals surface area contributed by atoms with Crippen molar-refractivity contribution in [3.63, 3.8) is 0 Å². The van der Waals surface area contributed by atoms with Crippen molar-refractivity contribution in [1.29, 1.82) is 0 Å². The number of hydrogen-bond acceptors (Lipinski definition) is 3. The number of amides is 1. The number of halogens is 1. The molecule has 5 heteroatoms. The third kappa shape index (κ3) is 2.80. The zero-order chi connectivity index (χ0) is 18.8. The summed E-state index contributed by atoms with van der Waals surface area (Å²) in [6.45, 7) is 1.51. The Labute approximate surface area is 169 Å². The van der Waals surface area contributed by atoms with E-state index in [-0.39, 0.29) is 9.74 Å². The molecule has 6 rings (SSSR count). The van der Waals surface area contributed by atoms with Gasteiger partial charge in [-0.2, -0.15) is 0 Å². The van der Waals surface area contributed by atoms with Gasteiger partial charge in [-0.25, -0.2) is 0 Å². The average Bonchev–Trinajstić information content (AvgIpc) is 2.63. The molecule has 2 unspecified atom stereocenters. The van der Waals surface area contributed by atoms with Crippen LogP contribution >= 0.6 is 15.9 Å². The summed E-state index contributed by atoms with van der Waals surface area (Å²) in [4.78, 5) is 15.9. The van der Waals surface area contributed by atoms with Gasteiger partial charge in [-0.05, 0) is 80.0 Å². The van der Waals surface area contributed by atoms with Gasteiger partial charge in [0.05, 0.1) is 19.6 Å². The second-order valence-electron chi connectivity index (χ2n) is 9.34. The Morgan fingerprint density at radius 3 is 2.30 bits per heavy atom. The first kappa shape index (κ1) is 17.8. The van der Waals surface area contributed by atoms with Crippen molar-refractivity contribution in [2.45, 2.75) is 55.8 Å². The van der Waals surface area contributed by atoms with Crippen molar-refractivity contribution in [2.75, 3.05) is 20.8 Å². The zero-order valence-corrected chi connectivity index (χ0v) is 17.8. The highest BCUT2D eigenvalue weighted by atomic mass is 79.9. The highest BCUT2D eigenvalue weighted by Gasteiger charge is 2.60. The lowest BCUT2D eigenvalue weighted by Gasteiger charge is -2.60. The minimum absolute atomic E-state index is 0.123. The van der Waals surface area contributed by atoms with E-state index in [1.165, 1.54) is 30.4 Å². The first-order chi connectivity index (χ1) is 12.9. The molecule has 0 spiro atoms. The minimum Gasteiger partial charge on any atom is -0.493 e. The van der Waals surface area contributed by atoms with Crippen molar-refractivity contribution >= 4 is 21.8 Å². The Hall–Kier alpha value is -1.23. The van der Waals surface area contributed by atoms with Crippen LogP contribution in [0, 0.1) is 17.3 Å². The zero-order valence-electron chi connectivity index (χ0n) is 16.2. The van der Waals surface area contributed by atoms with Crippen molar-refractivity contribution in [2.24, 2.45) is 17.3 Å². The van der Waals surface area contributed by atoms with E-state index < -0.39 is 0 Å². The molecule has 0 radical (unpaired) electrons. The summed E-state index contributed by atoms with van der Waals surface area (Å²) in [5, 5.41) is 0. The molecule has 1 heterocycles. The number of rotatable bonds is 3. The molecule has 27 heavy (non-hydrogen) atoms. The third-order valence-corrected chi connectivity index (χ3v) is 8.38. The molecule has 4 bridgehead atoms. The van der Waals surface area contributed by atoms with E-state index in [9.17, 15) is 4.79 Å². The van der Waals surface area contributed by atoms with Crippen LogP contribution in [0.1, 0.15) is 49.7 Å². The van der Waals surface area contributed by atoms with Gasteiger partial charge in [0, 0.05) is 17.4 Å². The molecule has 2 atom stereocenters. The second kappa shape index (κ2) is 6.13. The molecule has 1 amide bonds. The van der Waals surface area contributed by atoms with Crippen LogP contribution in [0.3, 0.4) is 0 Å². The number of ether oxygens (including phenoxy) is 2. The smallest absolute Gasteiger partial charge is 0.229 e. The van der Waals surface area contributed by atoms with E-state index >= 15 is 0 Å². The molecule has 4 fully saturated rings. The van der Waals surface area contributed by atoms with Gasteiger partial charge < -0.3 is 14.4 Å². The van der Waals surface area contributed by atoms with Crippen LogP contribution in [0.2, 0.25) is 0 Å². The molecular formula is C22H28BrNO3. The van der Waals surface area contributed by atoms with Crippen LogP contribution in [0.15, 0.2) is 12.1 Å². The molecule has 0 saturated heterocycles. The minimum atomic E-state index is -0.123. The van der Waals surface area contributed by atoms with Gasteiger partial charge in [0.1, 0.15) is 0 Å². The van der Waals surface area contributed by atoms with Crippen molar-refractivity contribution in [3.05, 3.63) is 23.3 Å². The van der Waals surface area contributed by atoms with Gasteiger partial charge >= 0.3 is 0 Å². The molecule has 4 aliphatic carbocycles. The molecular weight excluding hydrogens is 406 g/mol. The van der Waals surface area contributed by atoms with E-state index in [0.29, 0.717) is 12.5 Å².